The largest absolute Gasteiger partial charge is 0.368 e. The van der Waals surface area contributed by atoms with E-state index in [2.05, 4.69) is 33.7 Å². The third-order valence-corrected chi connectivity index (χ3v) is 4.38. The van der Waals surface area contributed by atoms with Gasteiger partial charge < -0.3 is 9.80 Å². The number of likely N-dealkylation sites (N-methyl/N-ethyl adjacent to an activating group) is 1. The molecule has 0 bridgehead atoms. The fraction of sp³-hybridized carbons (Fsp3) is 0.692. The van der Waals surface area contributed by atoms with Crippen LogP contribution >= 0.6 is 11.6 Å². The first-order chi connectivity index (χ1) is 8.70. The summed E-state index contributed by atoms with van der Waals surface area (Å²) in [6, 6.07) is 1.19. The lowest BCUT2D eigenvalue weighted by atomic mass is 9.89. The first-order valence-corrected chi connectivity index (χ1v) is 7.10. The molecule has 0 N–H and O–H groups in total. The highest BCUT2D eigenvalue weighted by Gasteiger charge is 2.36. The lowest BCUT2D eigenvalue weighted by Crippen LogP contribution is -2.54. The van der Waals surface area contributed by atoms with Crippen LogP contribution < -0.4 is 9.80 Å². The Labute approximate surface area is 113 Å². The summed E-state index contributed by atoms with van der Waals surface area (Å²) in [7, 11) is 2.11. The standard InChI is InChI=1S/C13H19ClN4/c1-3-9-8-17(2)11-7-15-13(14)16-12(11)18(9)10-5-4-6-10/h7,9-10H,3-6,8H2,1-2H3. The van der Waals surface area contributed by atoms with E-state index in [0.717, 1.165) is 24.5 Å². The number of aromatic nitrogens is 2. The van der Waals surface area contributed by atoms with Gasteiger partial charge in [-0.25, -0.2) is 4.98 Å². The number of anilines is 2. The average Bonchev–Trinajstić information content (AvgIpc) is 2.29. The van der Waals surface area contributed by atoms with E-state index in [9.17, 15) is 0 Å². The van der Waals surface area contributed by atoms with Crippen LogP contribution in [-0.2, 0) is 0 Å². The first-order valence-electron chi connectivity index (χ1n) is 6.72. The molecule has 98 valence electrons. The Balaban J connectivity index is 2.04. The van der Waals surface area contributed by atoms with Crippen molar-refractivity contribution >= 4 is 23.1 Å². The van der Waals surface area contributed by atoms with Gasteiger partial charge in [0.1, 0.15) is 0 Å². The minimum absolute atomic E-state index is 0.350. The average molecular weight is 267 g/mol. The number of nitrogens with zero attached hydrogens (tertiary/aromatic N) is 4. The molecule has 1 aromatic rings. The zero-order valence-electron chi connectivity index (χ0n) is 10.9. The van der Waals surface area contributed by atoms with Gasteiger partial charge in [-0.2, -0.15) is 4.98 Å². The molecule has 1 aliphatic carbocycles. The summed E-state index contributed by atoms with van der Waals surface area (Å²) in [5, 5.41) is 0.350. The Hall–Kier alpha value is -1.03. The maximum absolute atomic E-state index is 5.98. The highest BCUT2D eigenvalue weighted by atomic mass is 35.5. The summed E-state index contributed by atoms with van der Waals surface area (Å²) in [5.74, 6) is 1.03. The molecule has 0 spiro atoms. The van der Waals surface area contributed by atoms with Gasteiger partial charge in [0.25, 0.3) is 0 Å². The fourth-order valence-corrected chi connectivity index (χ4v) is 3.07. The molecule has 2 aliphatic rings. The number of hydrogen-bond donors (Lipinski definition) is 0. The van der Waals surface area contributed by atoms with Crippen molar-refractivity contribution < 1.29 is 0 Å². The second-order valence-corrected chi connectivity index (χ2v) is 5.62. The topological polar surface area (TPSA) is 32.3 Å². The molecular weight excluding hydrogens is 248 g/mol. The van der Waals surface area contributed by atoms with E-state index in [-0.39, 0.29) is 0 Å². The third kappa shape index (κ3) is 1.83. The maximum Gasteiger partial charge on any atom is 0.224 e. The number of fused-ring (bicyclic) bond motifs is 1. The van der Waals surface area contributed by atoms with E-state index in [1.165, 1.54) is 19.3 Å². The van der Waals surface area contributed by atoms with Crippen molar-refractivity contribution in [2.45, 2.75) is 44.7 Å². The molecule has 1 atom stereocenters. The van der Waals surface area contributed by atoms with Crippen LogP contribution in [0.5, 0.6) is 0 Å². The molecule has 1 aliphatic heterocycles. The van der Waals surface area contributed by atoms with Gasteiger partial charge in [0, 0.05) is 25.7 Å². The van der Waals surface area contributed by atoms with Crippen LogP contribution in [0.1, 0.15) is 32.6 Å². The summed E-state index contributed by atoms with van der Waals surface area (Å²) in [5.41, 5.74) is 1.11. The monoisotopic (exact) mass is 266 g/mol. The maximum atomic E-state index is 5.98. The van der Waals surface area contributed by atoms with E-state index in [0.29, 0.717) is 17.4 Å². The van der Waals surface area contributed by atoms with Gasteiger partial charge in [0.15, 0.2) is 5.82 Å². The van der Waals surface area contributed by atoms with Crippen molar-refractivity contribution in [3.05, 3.63) is 11.5 Å². The highest BCUT2D eigenvalue weighted by Crippen LogP contribution is 2.39. The summed E-state index contributed by atoms with van der Waals surface area (Å²) in [6.07, 6.45) is 6.88. The van der Waals surface area contributed by atoms with Crippen molar-refractivity contribution in [1.82, 2.24) is 9.97 Å². The molecule has 2 heterocycles. The molecule has 4 nitrogen and oxygen atoms in total. The quantitative estimate of drug-likeness (QED) is 0.771. The van der Waals surface area contributed by atoms with Crippen LogP contribution in [0.2, 0.25) is 5.28 Å². The molecule has 1 unspecified atom stereocenters. The summed E-state index contributed by atoms with van der Waals surface area (Å²) >= 11 is 5.98. The molecule has 3 rings (SSSR count). The molecule has 0 radical (unpaired) electrons. The van der Waals surface area contributed by atoms with Crippen molar-refractivity contribution in [2.75, 3.05) is 23.4 Å². The van der Waals surface area contributed by atoms with E-state index >= 15 is 0 Å². The zero-order valence-corrected chi connectivity index (χ0v) is 11.7. The Morgan fingerprint density at radius 2 is 2.22 bits per heavy atom. The van der Waals surface area contributed by atoms with Crippen molar-refractivity contribution in [3.63, 3.8) is 0 Å². The van der Waals surface area contributed by atoms with E-state index < -0.39 is 0 Å². The number of hydrogen-bond acceptors (Lipinski definition) is 4. The minimum Gasteiger partial charge on any atom is -0.368 e. The SMILES string of the molecule is CCC1CN(C)c2cnc(Cl)nc2N1C1CCC1. The molecular formula is C13H19ClN4. The Bertz CT molecular complexity index is 447. The molecule has 18 heavy (non-hydrogen) atoms. The van der Waals surface area contributed by atoms with Crippen molar-refractivity contribution in [3.8, 4) is 0 Å². The van der Waals surface area contributed by atoms with Gasteiger partial charge in [-0.1, -0.05) is 6.92 Å². The lowest BCUT2D eigenvalue weighted by molar-refractivity contribution is 0.346. The van der Waals surface area contributed by atoms with E-state index in [4.69, 9.17) is 11.6 Å². The minimum atomic E-state index is 0.350. The van der Waals surface area contributed by atoms with Crippen LogP contribution in [-0.4, -0.2) is 35.6 Å². The molecule has 0 saturated heterocycles. The fourth-order valence-electron chi connectivity index (χ4n) is 2.94. The number of rotatable bonds is 2. The van der Waals surface area contributed by atoms with Crippen molar-refractivity contribution in [2.24, 2.45) is 0 Å². The molecule has 0 amide bonds. The van der Waals surface area contributed by atoms with E-state index in [1.807, 2.05) is 6.20 Å². The van der Waals surface area contributed by atoms with Crippen LogP contribution in [0.4, 0.5) is 11.5 Å². The number of halogens is 1. The second kappa shape index (κ2) is 4.57. The molecule has 5 heteroatoms. The van der Waals surface area contributed by atoms with Crippen LogP contribution in [0.25, 0.3) is 0 Å². The summed E-state index contributed by atoms with van der Waals surface area (Å²) < 4.78 is 0. The van der Waals surface area contributed by atoms with Gasteiger partial charge in [-0.05, 0) is 37.3 Å². The highest BCUT2D eigenvalue weighted by molar-refractivity contribution is 6.28. The normalized spacial score (nSPS) is 23.8. The second-order valence-electron chi connectivity index (χ2n) is 5.28. The van der Waals surface area contributed by atoms with Crippen LogP contribution in [0.15, 0.2) is 6.20 Å². The van der Waals surface area contributed by atoms with Gasteiger partial charge in [0.05, 0.1) is 11.9 Å². The predicted octanol–water partition coefficient (Wildman–Crippen LogP) is 2.72. The van der Waals surface area contributed by atoms with E-state index in [1.54, 1.807) is 0 Å². The smallest absolute Gasteiger partial charge is 0.224 e. The molecule has 1 fully saturated rings. The van der Waals surface area contributed by atoms with Gasteiger partial charge in [0.2, 0.25) is 5.28 Å². The Morgan fingerprint density at radius 3 is 2.83 bits per heavy atom. The molecule has 1 saturated carbocycles. The van der Waals surface area contributed by atoms with Gasteiger partial charge >= 0.3 is 0 Å². The summed E-state index contributed by atoms with van der Waals surface area (Å²) in [6.45, 7) is 3.29. The molecule has 0 aromatic carbocycles. The predicted molar refractivity (Wildman–Crippen MR) is 74.5 cm³/mol. The first kappa shape index (κ1) is 12.0. The third-order valence-electron chi connectivity index (χ3n) is 4.19. The van der Waals surface area contributed by atoms with Gasteiger partial charge in [-0.3, -0.25) is 0 Å². The Morgan fingerprint density at radius 1 is 1.44 bits per heavy atom. The van der Waals surface area contributed by atoms with Crippen molar-refractivity contribution in [1.29, 1.82) is 0 Å². The zero-order chi connectivity index (χ0) is 12.7. The Kier molecular flexibility index (Phi) is 3.06. The van der Waals surface area contributed by atoms with Crippen LogP contribution in [0.3, 0.4) is 0 Å². The summed E-state index contributed by atoms with van der Waals surface area (Å²) in [4.78, 5) is 13.3. The lowest BCUT2D eigenvalue weighted by Gasteiger charge is -2.48. The molecule has 1 aromatic heterocycles. The van der Waals surface area contributed by atoms with Gasteiger partial charge in [-0.15, -0.1) is 0 Å². The van der Waals surface area contributed by atoms with Crippen LogP contribution in [0, 0.1) is 0 Å².